The number of aliphatic hydroxyl groups is 1. The monoisotopic (exact) mass is 501 g/mol. The molecule has 1 heterocycles. The fourth-order valence-electron chi connectivity index (χ4n) is 3.59. The number of hydrogen-bond donors (Lipinski definition) is 3. The van der Waals surface area contributed by atoms with E-state index in [0.717, 1.165) is 27.7 Å². The van der Waals surface area contributed by atoms with Crippen molar-refractivity contribution in [2.45, 2.75) is 25.0 Å². The van der Waals surface area contributed by atoms with Gasteiger partial charge in [0.25, 0.3) is 0 Å². The van der Waals surface area contributed by atoms with E-state index in [0.29, 0.717) is 11.4 Å². The van der Waals surface area contributed by atoms with E-state index >= 15 is 0 Å². The summed E-state index contributed by atoms with van der Waals surface area (Å²) in [5, 5.41) is 10.5. The molecule has 10 heteroatoms. The summed E-state index contributed by atoms with van der Waals surface area (Å²) in [6.45, 7) is 3.47. The van der Waals surface area contributed by atoms with Gasteiger partial charge in [-0.1, -0.05) is 48.5 Å². The van der Waals surface area contributed by atoms with E-state index in [1.807, 2.05) is 42.5 Å². The lowest BCUT2D eigenvalue weighted by atomic mass is 9.89. The second-order valence-corrected chi connectivity index (χ2v) is 10.1. The molecule has 35 heavy (non-hydrogen) atoms. The Balaban J connectivity index is 1.55. The van der Waals surface area contributed by atoms with Gasteiger partial charge in [-0.05, 0) is 66.4 Å². The standard InChI is InChI=1S/C25H22F3N3O3S/c1-24(2,32)20-6-4-3-5-19(20)17-10-13-21-22(15-17)30-23(29-21)14-9-16-7-11-18(12-8-16)31-35(33,34)25(26,27)28/h3-15,31-32H,1-2H3,(H,29,30). The Morgan fingerprint density at radius 2 is 1.66 bits per heavy atom. The van der Waals surface area contributed by atoms with Crippen LogP contribution in [0.2, 0.25) is 0 Å². The highest BCUT2D eigenvalue weighted by atomic mass is 32.2. The molecule has 4 rings (SSSR count). The number of sulfonamides is 1. The zero-order valence-electron chi connectivity index (χ0n) is 18.8. The quantitative estimate of drug-likeness (QED) is 0.307. The van der Waals surface area contributed by atoms with Crippen molar-refractivity contribution in [2.24, 2.45) is 0 Å². The van der Waals surface area contributed by atoms with Crippen LogP contribution in [-0.4, -0.2) is 29.0 Å². The Kier molecular flexibility index (Phi) is 6.20. The van der Waals surface area contributed by atoms with Crippen molar-refractivity contribution < 1.29 is 26.7 Å². The molecule has 0 aliphatic carbocycles. The molecule has 0 atom stereocenters. The van der Waals surface area contributed by atoms with E-state index < -0.39 is 21.1 Å². The van der Waals surface area contributed by atoms with Crippen molar-refractivity contribution in [1.29, 1.82) is 0 Å². The second-order valence-electron chi connectivity index (χ2n) is 8.47. The van der Waals surface area contributed by atoms with E-state index in [1.54, 1.807) is 26.0 Å². The van der Waals surface area contributed by atoms with E-state index in [1.165, 1.54) is 29.0 Å². The molecule has 1 aromatic heterocycles. The molecule has 6 nitrogen and oxygen atoms in total. The maximum Gasteiger partial charge on any atom is 0.516 e. The van der Waals surface area contributed by atoms with Crippen molar-refractivity contribution >= 4 is 38.9 Å². The number of aromatic amines is 1. The Morgan fingerprint density at radius 3 is 2.31 bits per heavy atom. The number of aromatic nitrogens is 2. The molecule has 3 N–H and O–H groups in total. The van der Waals surface area contributed by atoms with E-state index in [-0.39, 0.29) is 5.69 Å². The minimum Gasteiger partial charge on any atom is -0.386 e. The average Bonchev–Trinajstić information content (AvgIpc) is 3.19. The predicted molar refractivity (Wildman–Crippen MR) is 131 cm³/mol. The van der Waals surface area contributed by atoms with Gasteiger partial charge in [-0.2, -0.15) is 21.6 Å². The van der Waals surface area contributed by atoms with E-state index in [2.05, 4.69) is 9.97 Å². The maximum atomic E-state index is 12.5. The first-order valence-corrected chi connectivity index (χ1v) is 12.0. The molecule has 3 aromatic carbocycles. The minimum absolute atomic E-state index is 0.193. The summed E-state index contributed by atoms with van der Waals surface area (Å²) >= 11 is 0. The molecule has 0 aliphatic heterocycles. The molecule has 0 spiro atoms. The van der Waals surface area contributed by atoms with Crippen molar-refractivity contribution in [1.82, 2.24) is 9.97 Å². The number of fused-ring (bicyclic) bond motifs is 1. The third-order valence-electron chi connectivity index (χ3n) is 5.30. The van der Waals surface area contributed by atoms with Crippen LogP contribution in [-0.2, 0) is 15.6 Å². The van der Waals surface area contributed by atoms with Crippen LogP contribution in [0.5, 0.6) is 0 Å². The van der Waals surface area contributed by atoms with Gasteiger partial charge in [0, 0.05) is 5.69 Å². The summed E-state index contributed by atoms with van der Waals surface area (Å²) in [4.78, 5) is 7.73. The first kappa shape index (κ1) is 24.5. The van der Waals surface area contributed by atoms with Gasteiger partial charge in [-0.15, -0.1) is 0 Å². The largest absolute Gasteiger partial charge is 0.516 e. The Bertz CT molecular complexity index is 1500. The van der Waals surface area contributed by atoms with E-state index in [4.69, 9.17) is 0 Å². The predicted octanol–water partition coefficient (Wildman–Crippen LogP) is 5.89. The third kappa shape index (κ3) is 5.39. The van der Waals surface area contributed by atoms with Gasteiger partial charge in [0.1, 0.15) is 5.82 Å². The smallest absolute Gasteiger partial charge is 0.386 e. The van der Waals surface area contributed by atoms with Gasteiger partial charge in [-0.25, -0.2) is 4.98 Å². The Hall–Kier alpha value is -3.63. The van der Waals surface area contributed by atoms with Gasteiger partial charge in [0.2, 0.25) is 0 Å². The second kappa shape index (κ2) is 8.86. The van der Waals surface area contributed by atoms with Gasteiger partial charge in [0.05, 0.1) is 16.6 Å². The number of nitrogens with one attached hydrogen (secondary N) is 2. The van der Waals surface area contributed by atoms with Crippen LogP contribution in [0.15, 0.2) is 66.7 Å². The van der Waals surface area contributed by atoms with Crippen molar-refractivity contribution in [2.75, 3.05) is 4.72 Å². The van der Waals surface area contributed by atoms with Gasteiger partial charge >= 0.3 is 15.5 Å². The minimum atomic E-state index is -5.47. The lowest BCUT2D eigenvalue weighted by Gasteiger charge is -2.21. The zero-order valence-corrected chi connectivity index (χ0v) is 19.6. The van der Waals surface area contributed by atoms with Gasteiger partial charge in [-0.3, -0.25) is 4.72 Å². The molecule has 0 radical (unpaired) electrons. The number of halogens is 3. The highest BCUT2D eigenvalue weighted by molar-refractivity contribution is 7.93. The first-order chi connectivity index (χ1) is 16.3. The maximum absolute atomic E-state index is 12.5. The SMILES string of the molecule is CC(C)(O)c1ccccc1-c1ccc2nc(C=Cc3ccc(NS(=O)(=O)C(F)(F)F)cc3)[nH]c2c1. The molecule has 0 saturated carbocycles. The molecule has 0 unspecified atom stereocenters. The van der Waals surface area contributed by atoms with Gasteiger partial charge < -0.3 is 10.1 Å². The van der Waals surface area contributed by atoms with E-state index in [9.17, 15) is 26.7 Å². The van der Waals surface area contributed by atoms with Crippen LogP contribution >= 0.6 is 0 Å². The molecule has 0 bridgehead atoms. The number of rotatable bonds is 6. The third-order valence-corrected chi connectivity index (χ3v) is 6.41. The topological polar surface area (TPSA) is 95.1 Å². The highest BCUT2D eigenvalue weighted by Crippen LogP contribution is 2.33. The molecule has 0 amide bonds. The van der Waals surface area contributed by atoms with Crippen molar-refractivity contribution in [3.8, 4) is 11.1 Å². The molecular weight excluding hydrogens is 479 g/mol. The van der Waals surface area contributed by atoms with Crippen molar-refractivity contribution in [3.05, 3.63) is 83.7 Å². The normalized spacial score (nSPS) is 13.0. The molecule has 0 aliphatic rings. The summed E-state index contributed by atoms with van der Waals surface area (Å²) in [7, 11) is -5.47. The summed E-state index contributed by atoms with van der Waals surface area (Å²) in [6.07, 6.45) is 3.41. The van der Waals surface area contributed by atoms with Crippen LogP contribution in [0.3, 0.4) is 0 Å². The average molecular weight is 502 g/mol. The fraction of sp³-hybridized carbons (Fsp3) is 0.160. The Morgan fingerprint density at radius 1 is 0.971 bits per heavy atom. The summed E-state index contributed by atoms with van der Waals surface area (Å²) in [5.41, 5.74) is -1.77. The zero-order chi connectivity index (χ0) is 25.4. The summed E-state index contributed by atoms with van der Waals surface area (Å²) in [6, 6.07) is 18.8. The molecule has 0 saturated heterocycles. The summed E-state index contributed by atoms with van der Waals surface area (Å²) in [5.74, 6) is 0.565. The number of benzene rings is 3. The highest BCUT2D eigenvalue weighted by Gasteiger charge is 2.46. The molecular formula is C25H22F3N3O3S. The van der Waals surface area contributed by atoms with Crippen LogP contribution in [0.25, 0.3) is 34.3 Å². The molecule has 0 fully saturated rings. The number of hydrogen-bond acceptors (Lipinski definition) is 4. The van der Waals surface area contributed by atoms with Crippen LogP contribution in [0, 0.1) is 0 Å². The Labute approximate surface area is 200 Å². The number of H-pyrrole nitrogens is 1. The van der Waals surface area contributed by atoms with Crippen LogP contribution < -0.4 is 4.72 Å². The summed E-state index contributed by atoms with van der Waals surface area (Å²) < 4.78 is 61.4. The van der Waals surface area contributed by atoms with Crippen molar-refractivity contribution in [3.63, 3.8) is 0 Å². The van der Waals surface area contributed by atoms with Crippen LogP contribution in [0.4, 0.5) is 18.9 Å². The number of alkyl halides is 3. The fourth-order valence-corrected chi connectivity index (χ4v) is 4.16. The number of anilines is 1. The number of imidazole rings is 1. The molecule has 4 aromatic rings. The van der Waals surface area contributed by atoms with Crippen LogP contribution in [0.1, 0.15) is 30.8 Å². The molecule has 182 valence electrons. The lowest BCUT2D eigenvalue weighted by molar-refractivity contribution is -0.0429. The van der Waals surface area contributed by atoms with Gasteiger partial charge in [0.15, 0.2) is 0 Å². The lowest BCUT2D eigenvalue weighted by Crippen LogP contribution is -2.29. The first-order valence-electron chi connectivity index (χ1n) is 10.5. The number of nitrogens with zero attached hydrogens (tertiary/aromatic N) is 1.